The number of carbonyl (C=O) groups excluding carboxylic acids is 1. The Morgan fingerprint density at radius 1 is 1.23 bits per heavy atom. The van der Waals surface area contributed by atoms with E-state index in [0.29, 0.717) is 18.0 Å². The zero-order valence-corrected chi connectivity index (χ0v) is 22.5. The van der Waals surface area contributed by atoms with Crippen LogP contribution < -0.4 is 0 Å². The highest BCUT2D eigenvalue weighted by Crippen LogP contribution is 2.37. The Morgan fingerprint density at radius 3 is 2.27 bits per heavy atom. The van der Waals surface area contributed by atoms with E-state index in [2.05, 4.69) is 38.8 Å². The number of hydrogen-bond donors (Lipinski definition) is 1. The SMILES string of the molecule is CC(C)[C@@H](C[C@@H](O)c1nc(CO[Si](C)(C)C(C)(C)C)cs1)N(C)C(=O)OC(C)(C)C. The Bertz CT molecular complexity index is 692. The molecule has 8 heteroatoms. The van der Waals surface area contributed by atoms with Gasteiger partial charge in [0.15, 0.2) is 8.32 Å². The predicted octanol–water partition coefficient (Wildman–Crippen LogP) is 5.98. The molecule has 0 saturated heterocycles. The van der Waals surface area contributed by atoms with Crippen LogP contribution in [0.1, 0.15) is 78.6 Å². The molecule has 0 radical (unpaired) electrons. The zero-order chi connectivity index (χ0) is 23.5. The molecule has 174 valence electrons. The summed E-state index contributed by atoms with van der Waals surface area (Å²) in [5.74, 6) is 0.165. The number of rotatable bonds is 8. The number of amides is 1. The third-order valence-corrected chi connectivity index (χ3v) is 11.1. The topological polar surface area (TPSA) is 71.9 Å². The second kappa shape index (κ2) is 10.1. The Kier molecular flexibility index (Phi) is 9.12. The van der Waals surface area contributed by atoms with Crippen molar-refractivity contribution in [2.75, 3.05) is 7.05 Å². The van der Waals surface area contributed by atoms with Gasteiger partial charge in [0.2, 0.25) is 0 Å². The third-order valence-electron chi connectivity index (χ3n) is 5.65. The van der Waals surface area contributed by atoms with E-state index in [1.54, 1.807) is 11.9 Å². The second-order valence-corrected chi connectivity index (χ2v) is 16.6. The van der Waals surface area contributed by atoms with E-state index in [4.69, 9.17) is 9.16 Å². The van der Waals surface area contributed by atoms with Crippen molar-refractivity contribution in [3.63, 3.8) is 0 Å². The fraction of sp³-hybridized carbons (Fsp3) is 0.818. The maximum atomic E-state index is 12.5. The van der Waals surface area contributed by atoms with Crippen LogP contribution in [0.2, 0.25) is 18.1 Å². The molecule has 0 aliphatic rings. The smallest absolute Gasteiger partial charge is 0.410 e. The lowest BCUT2D eigenvalue weighted by atomic mass is 9.97. The van der Waals surface area contributed by atoms with E-state index in [-0.39, 0.29) is 23.1 Å². The summed E-state index contributed by atoms with van der Waals surface area (Å²) in [4.78, 5) is 18.7. The highest BCUT2D eigenvalue weighted by atomic mass is 32.1. The van der Waals surface area contributed by atoms with Crippen molar-refractivity contribution in [3.8, 4) is 0 Å². The largest absolute Gasteiger partial charge is 0.444 e. The summed E-state index contributed by atoms with van der Waals surface area (Å²) in [6.07, 6.45) is -0.714. The summed E-state index contributed by atoms with van der Waals surface area (Å²) in [6, 6.07) is -0.161. The molecule has 1 rings (SSSR count). The average Bonchev–Trinajstić information content (AvgIpc) is 3.03. The van der Waals surface area contributed by atoms with Crippen molar-refractivity contribution >= 4 is 25.7 Å². The summed E-state index contributed by atoms with van der Waals surface area (Å²) in [5.41, 5.74) is 0.292. The number of nitrogens with zero attached hydrogens (tertiary/aromatic N) is 2. The first-order chi connectivity index (χ1) is 13.4. The fourth-order valence-electron chi connectivity index (χ4n) is 2.69. The molecule has 2 atom stereocenters. The summed E-state index contributed by atoms with van der Waals surface area (Å²) >= 11 is 1.44. The molecule has 0 aliphatic heterocycles. The quantitative estimate of drug-likeness (QED) is 0.485. The van der Waals surface area contributed by atoms with Gasteiger partial charge < -0.3 is 19.2 Å². The number of aromatic nitrogens is 1. The maximum absolute atomic E-state index is 12.5. The van der Waals surface area contributed by atoms with Crippen LogP contribution in [0.25, 0.3) is 0 Å². The van der Waals surface area contributed by atoms with Gasteiger partial charge in [0.25, 0.3) is 0 Å². The van der Waals surface area contributed by atoms with Crippen LogP contribution in [0, 0.1) is 5.92 Å². The lowest BCUT2D eigenvalue weighted by Gasteiger charge is -2.35. The van der Waals surface area contributed by atoms with Crippen molar-refractivity contribution in [2.24, 2.45) is 5.92 Å². The predicted molar refractivity (Wildman–Crippen MR) is 126 cm³/mol. The summed E-state index contributed by atoms with van der Waals surface area (Å²) < 4.78 is 11.7. The molecule has 0 unspecified atom stereocenters. The van der Waals surface area contributed by atoms with Gasteiger partial charge in [-0.1, -0.05) is 34.6 Å². The van der Waals surface area contributed by atoms with Crippen molar-refractivity contribution in [1.29, 1.82) is 0 Å². The average molecular weight is 459 g/mol. The molecule has 6 nitrogen and oxygen atoms in total. The van der Waals surface area contributed by atoms with Crippen LogP contribution in [0.4, 0.5) is 4.79 Å². The third kappa shape index (κ3) is 7.94. The minimum absolute atomic E-state index is 0.141. The summed E-state index contributed by atoms with van der Waals surface area (Å²) in [5, 5.41) is 13.6. The monoisotopic (exact) mass is 458 g/mol. The molecule has 1 aromatic heterocycles. The van der Waals surface area contributed by atoms with Crippen molar-refractivity contribution in [2.45, 2.75) is 104 Å². The zero-order valence-electron chi connectivity index (χ0n) is 20.7. The lowest BCUT2D eigenvalue weighted by Crippen LogP contribution is -2.44. The van der Waals surface area contributed by atoms with Gasteiger partial charge in [-0.05, 0) is 44.8 Å². The van der Waals surface area contributed by atoms with E-state index < -0.39 is 20.0 Å². The first-order valence-corrected chi connectivity index (χ1v) is 14.5. The first kappa shape index (κ1) is 27.1. The van der Waals surface area contributed by atoms with Gasteiger partial charge in [0.05, 0.1) is 12.3 Å². The molecule has 0 bridgehead atoms. The number of thiazole rings is 1. The molecule has 0 aliphatic carbocycles. The minimum Gasteiger partial charge on any atom is -0.444 e. The van der Waals surface area contributed by atoms with E-state index in [1.807, 2.05) is 40.0 Å². The van der Waals surface area contributed by atoms with E-state index in [9.17, 15) is 9.90 Å². The molecule has 0 fully saturated rings. The fourth-order valence-corrected chi connectivity index (χ4v) is 4.43. The van der Waals surface area contributed by atoms with Gasteiger partial charge in [-0.25, -0.2) is 9.78 Å². The van der Waals surface area contributed by atoms with E-state index in [0.717, 1.165) is 5.69 Å². The number of ether oxygens (including phenoxy) is 1. The van der Waals surface area contributed by atoms with Gasteiger partial charge >= 0.3 is 6.09 Å². The standard InChI is InChI=1S/C22H42N2O4SSi/c1-15(2)17(24(9)20(26)28-21(3,4)5)12-18(25)19-23-16(14-29-19)13-27-30(10,11)22(6,7)8/h14-15,17-18,25H,12-13H2,1-11H3/t17-,18-/m1/s1. The molecule has 30 heavy (non-hydrogen) atoms. The highest BCUT2D eigenvalue weighted by molar-refractivity contribution is 7.09. The summed E-state index contributed by atoms with van der Waals surface area (Å²) in [7, 11) is -0.122. The van der Waals surface area contributed by atoms with Crippen LogP contribution in [0.15, 0.2) is 5.38 Å². The molecular formula is C22H42N2O4SSi. The molecular weight excluding hydrogens is 416 g/mol. The molecule has 0 aromatic carbocycles. The van der Waals surface area contributed by atoms with Gasteiger partial charge in [-0.2, -0.15) is 0 Å². The van der Waals surface area contributed by atoms with E-state index in [1.165, 1.54) is 11.3 Å². The molecule has 0 saturated carbocycles. The van der Waals surface area contributed by atoms with Crippen molar-refractivity contribution in [3.05, 3.63) is 16.1 Å². The minimum atomic E-state index is -1.85. The lowest BCUT2D eigenvalue weighted by molar-refractivity contribution is 0.0106. The summed E-state index contributed by atoms with van der Waals surface area (Å²) in [6.45, 7) is 21.2. The molecule has 1 amide bonds. The normalized spacial score (nSPS) is 15.2. The first-order valence-electron chi connectivity index (χ1n) is 10.7. The van der Waals surface area contributed by atoms with Gasteiger partial charge in [0, 0.05) is 24.9 Å². The van der Waals surface area contributed by atoms with Crippen LogP contribution in [0.5, 0.6) is 0 Å². The van der Waals surface area contributed by atoms with Gasteiger partial charge in [0.1, 0.15) is 16.7 Å². The molecule has 1 N–H and O–H groups in total. The highest BCUT2D eigenvalue weighted by Gasteiger charge is 2.37. The Balaban J connectivity index is 2.80. The van der Waals surface area contributed by atoms with Crippen LogP contribution >= 0.6 is 11.3 Å². The van der Waals surface area contributed by atoms with Gasteiger partial charge in [-0.3, -0.25) is 0 Å². The molecule has 1 heterocycles. The van der Waals surface area contributed by atoms with Crippen LogP contribution in [-0.4, -0.2) is 48.1 Å². The number of hydrogen-bond acceptors (Lipinski definition) is 6. The van der Waals surface area contributed by atoms with E-state index >= 15 is 0 Å². The Morgan fingerprint density at radius 2 is 1.80 bits per heavy atom. The van der Waals surface area contributed by atoms with Crippen LogP contribution in [-0.2, 0) is 15.8 Å². The number of aliphatic hydroxyl groups excluding tert-OH is 1. The number of aliphatic hydroxyl groups is 1. The molecule has 0 spiro atoms. The Hall–Kier alpha value is -0.963. The van der Waals surface area contributed by atoms with Gasteiger partial charge in [-0.15, -0.1) is 11.3 Å². The van der Waals surface area contributed by atoms with Crippen LogP contribution in [0.3, 0.4) is 0 Å². The second-order valence-electron chi connectivity index (χ2n) is 10.9. The van der Waals surface area contributed by atoms with Crippen molar-refractivity contribution in [1.82, 2.24) is 9.88 Å². The Labute approximate surface area is 188 Å². The van der Waals surface area contributed by atoms with Crippen molar-refractivity contribution < 1.29 is 19.1 Å². The molecule has 1 aromatic rings. The number of carbonyl (C=O) groups is 1. The maximum Gasteiger partial charge on any atom is 0.410 e.